The second-order valence-electron chi connectivity index (χ2n) is 7.33. The molecule has 2 atom stereocenters. The fourth-order valence-electron chi connectivity index (χ4n) is 4.20. The third-order valence-electron chi connectivity index (χ3n) is 5.99. The van der Waals surface area contributed by atoms with Gasteiger partial charge in [-0.25, -0.2) is 4.39 Å². The number of carbonyl (C=O) groups is 1. The molecule has 5 heteroatoms. The molecule has 1 aromatic carbocycles. The van der Waals surface area contributed by atoms with Crippen LogP contribution in [0.2, 0.25) is 0 Å². The van der Waals surface area contributed by atoms with Crippen LogP contribution in [0.3, 0.4) is 0 Å². The van der Waals surface area contributed by atoms with E-state index in [9.17, 15) is 9.18 Å². The second kappa shape index (κ2) is 6.26. The van der Waals surface area contributed by atoms with Gasteiger partial charge in [0.2, 0.25) is 5.91 Å². The van der Waals surface area contributed by atoms with E-state index in [2.05, 4.69) is 4.90 Å². The number of amides is 1. The summed E-state index contributed by atoms with van der Waals surface area (Å²) >= 11 is 0. The standard InChI is InChI=1S/C19H25FN2O2/c1-24-18-11-14(20)5-6-17(18)21-7-9-22(10-8-21)19(23)16-12-15(16)13-3-2-4-13/h5-6,11,13,15-16H,2-4,7-10,12H2,1H3/t15-,16+/m0/s1. The molecule has 0 radical (unpaired) electrons. The van der Waals surface area contributed by atoms with Crippen LogP contribution in [-0.2, 0) is 4.79 Å². The van der Waals surface area contributed by atoms with E-state index >= 15 is 0 Å². The number of methoxy groups -OCH3 is 1. The molecular weight excluding hydrogens is 307 g/mol. The molecule has 1 aliphatic heterocycles. The number of carbonyl (C=O) groups excluding carboxylic acids is 1. The van der Waals surface area contributed by atoms with E-state index in [1.807, 2.05) is 4.90 Å². The maximum absolute atomic E-state index is 13.3. The van der Waals surface area contributed by atoms with Crippen molar-refractivity contribution in [2.24, 2.45) is 17.8 Å². The monoisotopic (exact) mass is 332 g/mol. The number of ether oxygens (including phenoxy) is 1. The normalized spacial score (nSPS) is 26.9. The highest BCUT2D eigenvalue weighted by molar-refractivity contribution is 5.82. The molecule has 2 saturated carbocycles. The second-order valence-corrected chi connectivity index (χ2v) is 7.33. The Kier molecular flexibility index (Phi) is 4.10. The van der Waals surface area contributed by atoms with Crippen molar-refractivity contribution in [1.29, 1.82) is 0 Å². The first kappa shape index (κ1) is 15.7. The van der Waals surface area contributed by atoms with Crippen molar-refractivity contribution in [2.45, 2.75) is 25.7 Å². The molecule has 0 bridgehead atoms. The summed E-state index contributed by atoms with van der Waals surface area (Å²) < 4.78 is 18.6. The van der Waals surface area contributed by atoms with Crippen LogP contribution in [-0.4, -0.2) is 44.1 Å². The van der Waals surface area contributed by atoms with Gasteiger partial charge >= 0.3 is 0 Å². The highest BCUT2D eigenvalue weighted by Gasteiger charge is 2.50. The van der Waals surface area contributed by atoms with Crippen LogP contribution >= 0.6 is 0 Å². The Morgan fingerprint density at radius 1 is 1.21 bits per heavy atom. The Hall–Kier alpha value is -1.78. The van der Waals surface area contributed by atoms with E-state index in [1.165, 1.54) is 31.4 Å². The Morgan fingerprint density at radius 3 is 2.58 bits per heavy atom. The van der Waals surface area contributed by atoms with E-state index in [4.69, 9.17) is 4.74 Å². The highest BCUT2D eigenvalue weighted by atomic mass is 19.1. The van der Waals surface area contributed by atoms with E-state index in [1.54, 1.807) is 13.2 Å². The summed E-state index contributed by atoms with van der Waals surface area (Å²) in [6.07, 6.45) is 5.11. The van der Waals surface area contributed by atoms with Crippen LogP contribution < -0.4 is 9.64 Å². The molecule has 4 nitrogen and oxygen atoms in total. The molecule has 0 N–H and O–H groups in total. The summed E-state index contributed by atoms with van der Waals surface area (Å²) in [7, 11) is 1.56. The lowest BCUT2D eigenvalue weighted by Gasteiger charge is -2.37. The van der Waals surface area contributed by atoms with Gasteiger partial charge < -0.3 is 14.5 Å². The van der Waals surface area contributed by atoms with Crippen LogP contribution in [0, 0.1) is 23.6 Å². The number of hydrogen-bond acceptors (Lipinski definition) is 3. The SMILES string of the molecule is COc1cc(F)ccc1N1CCN(C(=O)[C@@H]2C[C@H]2C2CCC2)CC1. The first-order valence-electron chi connectivity index (χ1n) is 9.04. The Bertz CT molecular complexity index is 624. The summed E-state index contributed by atoms with van der Waals surface area (Å²) in [6, 6.07) is 4.64. The summed E-state index contributed by atoms with van der Waals surface area (Å²) in [5.41, 5.74) is 0.907. The van der Waals surface area contributed by atoms with Gasteiger partial charge in [-0.15, -0.1) is 0 Å². The minimum atomic E-state index is -0.291. The van der Waals surface area contributed by atoms with Crippen molar-refractivity contribution in [3.8, 4) is 5.75 Å². The van der Waals surface area contributed by atoms with Gasteiger partial charge in [0.25, 0.3) is 0 Å². The van der Waals surface area contributed by atoms with Gasteiger partial charge in [-0.2, -0.15) is 0 Å². The molecule has 0 spiro atoms. The molecule has 1 aromatic rings. The average Bonchev–Trinajstić information content (AvgIpc) is 3.32. The molecule has 24 heavy (non-hydrogen) atoms. The number of anilines is 1. The van der Waals surface area contributed by atoms with E-state index in [0.29, 0.717) is 23.5 Å². The molecule has 1 heterocycles. The quantitative estimate of drug-likeness (QED) is 0.850. The number of benzene rings is 1. The van der Waals surface area contributed by atoms with Crippen molar-refractivity contribution in [3.05, 3.63) is 24.0 Å². The van der Waals surface area contributed by atoms with Crippen LogP contribution in [0.4, 0.5) is 10.1 Å². The summed E-state index contributed by atoms with van der Waals surface area (Å²) in [5, 5.41) is 0. The maximum Gasteiger partial charge on any atom is 0.226 e. The molecule has 3 aliphatic rings. The first-order valence-corrected chi connectivity index (χ1v) is 9.04. The zero-order valence-corrected chi connectivity index (χ0v) is 14.2. The first-order chi connectivity index (χ1) is 11.7. The minimum Gasteiger partial charge on any atom is -0.494 e. The maximum atomic E-state index is 13.3. The molecular formula is C19H25FN2O2. The van der Waals surface area contributed by atoms with E-state index in [0.717, 1.165) is 44.2 Å². The van der Waals surface area contributed by atoms with Crippen LogP contribution in [0.5, 0.6) is 5.75 Å². The van der Waals surface area contributed by atoms with Gasteiger partial charge in [0, 0.05) is 38.2 Å². The average molecular weight is 332 g/mol. The van der Waals surface area contributed by atoms with Crippen molar-refractivity contribution in [3.63, 3.8) is 0 Å². The zero-order valence-electron chi connectivity index (χ0n) is 14.2. The Labute approximate surface area is 142 Å². The van der Waals surface area contributed by atoms with Crippen LogP contribution in [0.25, 0.3) is 0 Å². The van der Waals surface area contributed by atoms with Gasteiger partial charge in [-0.1, -0.05) is 19.3 Å². The van der Waals surface area contributed by atoms with E-state index < -0.39 is 0 Å². The molecule has 130 valence electrons. The highest BCUT2D eigenvalue weighted by Crippen LogP contribution is 2.52. The molecule has 1 saturated heterocycles. The third-order valence-corrected chi connectivity index (χ3v) is 5.99. The number of nitrogens with zero attached hydrogens (tertiary/aromatic N) is 2. The summed E-state index contributed by atoms with van der Waals surface area (Å²) in [6.45, 7) is 3.03. The molecule has 3 fully saturated rings. The van der Waals surface area contributed by atoms with Crippen molar-refractivity contribution < 1.29 is 13.9 Å². The van der Waals surface area contributed by atoms with Crippen LogP contribution in [0.1, 0.15) is 25.7 Å². The zero-order chi connectivity index (χ0) is 16.7. The number of rotatable bonds is 4. The lowest BCUT2D eigenvalue weighted by molar-refractivity contribution is -0.133. The van der Waals surface area contributed by atoms with Gasteiger partial charge in [0.15, 0.2) is 0 Å². The van der Waals surface area contributed by atoms with Crippen LogP contribution in [0.15, 0.2) is 18.2 Å². The predicted molar refractivity (Wildman–Crippen MR) is 90.7 cm³/mol. The Balaban J connectivity index is 1.34. The van der Waals surface area contributed by atoms with Gasteiger partial charge in [-0.3, -0.25) is 4.79 Å². The lowest BCUT2D eigenvalue weighted by Crippen LogP contribution is -2.49. The van der Waals surface area contributed by atoms with Gasteiger partial charge in [-0.05, 0) is 30.4 Å². The van der Waals surface area contributed by atoms with Gasteiger partial charge in [0.05, 0.1) is 12.8 Å². The van der Waals surface area contributed by atoms with Crippen molar-refractivity contribution in [2.75, 3.05) is 38.2 Å². The molecule has 4 rings (SSSR count). The fraction of sp³-hybridized carbons (Fsp3) is 0.632. The lowest BCUT2D eigenvalue weighted by atomic mass is 9.81. The summed E-state index contributed by atoms with van der Waals surface area (Å²) in [5.74, 6) is 2.41. The van der Waals surface area contributed by atoms with Gasteiger partial charge in [0.1, 0.15) is 11.6 Å². The minimum absolute atomic E-state index is 0.291. The molecule has 0 aromatic heterocycles. The smallest absolute Gasteiger partial charge is 0.226 e. The fourth-order valence-corrected chi connectivity index (χ4v) is 4.20. The number of halogens is 1. The molecule has 2 aliphatic carbocycles. The topological polar surface area (TPSA) is 32.8 Å². The number of piperazine rings is 1. The van der Waals surface area contributed by atoms with Crippen molar-refractivity contribution in [1.82, 2.24) is 4.90 Å². The largest absolute Gasteiger partial charge is 0.494 e. The summed E-state index contributed by atoms with van der Waals surface area (Å²) in [4.78, 5) is 16.9. The third kappa shape index (κ3) is 2.85. The Morgan fingerprint density at radius 2 is 1.96 bits per heavy atom. The molecule has 0 unspecified atom stereocenters. The number of hydrogen-bond donors (Lipinski definition) is 0. The van der Waals surface area contributed by atoms with Crippen molar-refractivity contribution >= 4 is 11.6 Å². The predicted octanol–water partition coefficient (Wildman–Crippen LogP) is 2.92. The van der Waals surface area contributed by atoms with E-state index in [-0.39, 0.29) is 5.82 Å². The molecule has 1 amide bonds.